The average molecular weight is 741 g/mol. The standard InChI is InChI=1S/C35H40N4O12S/c1-46-26-20-30(48-3)27(31(21-26)49-4)16-18-52(44,45)38-25-14-15-29(47-2)28(19-25)37-35(43)50-22-23-10-12-24(13-11-23)36-32(40)7-5-9-34(42)51-39-17-6-8-33(39)41/h10-16,18-21,38H,5-9,17,22H2,1-4H3,(H,36,40)(H,37,43)/b18-16+. The van der Waals surface area contributed by atoms with Crippen LogP contribution in [0, 0.1) is 0 Å². The van der Waals surface area contributed by atoms with E-state index in [0.717, 1.165) is 10.5 Å². The number of nitrogens with zero attached hydrogens (tertiary/aromatic N) is 1. The Labute approximate surface area is 301 Å². The first-order chi connectivity index (χ1) is 24.9. The van der Waals surface area contributed by atoms with Crippen LogP contribution in [0.4, 0.5) is 21.9 Å². The van der Waals surface area contributed by atoms with E-state index in [0.29, 0.717) is 53.4 Å². The summed E-state index contributed by atoms with van der Waals surface area (Å²) in [6, 6.07) is 14.1. The van der Waals surface area contributed by atoms with Gasteiger partial charge >= 0.3 is 12.1 Å². The van der Waals surface area contributed by atoms with Crippen LogP contribution >= 0.6 is 0 Å². The summed E-state index contributed by atoms with van der Waals surface area (Å²) in [6.45, 7) is 0.269. The fourth-order valence-corrected chi connectivity index (χ4v) is 5.75. The Hall–Kier alpha value is -5.97. The molecule has 0 saturated carbocycles. The molecule has 0 spiro atoms. The summed E-state index contributed by atoms with van der Waals surface area (Å²) in [4.78, 5) is 53.5. The predicted molar refractivity (Wildman–Crippen MR) is 190 cm³/mol. The second kappa shape index (κ2) is 18.3. The molecule has 1 aliphatic rings. The number of carbonyl (C=O) groups excluding carboxylic acids is 4. The van der Waals surface area contributed by atoms with E-state index in [9.17, 15) is 27.6 Å². The van der Waals surface area contributed by atoms with Crippen molar-refractivity contribution in [1.29, 1.82) is 0 Å². The molecule has 1 heterocycles. The molecule has 0 aromatic heterocycles. The Kier molecular flexibility index (Phi) is 13.7. The van der Waals surface area contributed by atoms with Gasteiger partial charge in [0.15, 0.2) is 0 Å². The highest BCUT2D eigenvalue weighted by molar-refractivity contribution is 7.95. The molecule has 0 atom stereocenters. The second-order valence-electron chi connectivity index (χ2n) is 11.2. The van der Waals surface area contributed by atoms with Crippen LogP contribution in [0.15, 0.2) is 60.0 Å². The molecule has 3 aromatic carbocycles. The second-order valence-corrected chi connectivity index (χ2v) is 12.7. The lowest BCUT2D eigenvalue weighted by Gasteiger charge is -2.14. The number of ether oxygens (including phenoxy) is 5. The highest BCUT2D eigenvalue weighted by Gasteiger charge is 2.24. The molecule has 0 radical (unpaired) electrons. The van der Waals surface area contributed by atoms with Crippen molar-refractivity contribution in [2.24, 2.45) is 0 Å². The Morgan fingerprint density at radius 3 is 2.12 bits per heavy atom. The first-order valence-corrected chi connectivity index (χ1v) is 17.5. The molecule has 3 amide bonds. The zero-order valence-corrected chi connectivity index (χ0v) is 29.9. The summed E-state index contributed by atoms with van der Waals surface area (Å²) in [5.41, 5.74) is 1.78. The maximum atomic E-state index is 13.0. The number of hydrogen-bond acceptors (Lipinski definition) is 12. The minimum Gasteiger partial charge on any atom is -0.496 e. The van der Waals surface area contributed by atoms with Gasteiger partial charge in [0.2, 0.25) is 5.91 Å². The Morgan fingerprint density at radius 1 is 0.827 bits per heavy atom. The fourth-order valence-electron chi connectivity index (χ4n) is 4.91. The average Bonchev–Trinajstić information content (AvgIpc) is 3.53. The van der Waals surface area contributed by atoms with Crippen LogP contribution in [-0.4, -0.2) is 72.3 Å². The summed E-state index contributed by atoms with van der Waals surface area (Å²) in [6.07, 6.45) is 1.81. The van der Waals surface area contributed by atoms with Crippen molar-refractivity contribution in [2.45, 2.75) is 38.7 Å². The van der Waals surface area contributed by atoms with Gasteiger partial charge in [-0.3, -0.25) is 19.6 Å². The van der Waals surface area contributed by atoms with E-state index in [1.807, 2.05) is 0 Å². The number of anilines is 3. The van der Waals surface area contributed by atoms with Gasteiger partial charge in [0.1, 0.15) is 29.6 Å². The minimum absolute atomic E-state index is 0.00392. The summed E-state index contributed by atoms with van der Waals surface area (Å²) in [5, 5.41) is 7.28. The molecule has 17 heteroatoms. The third-order valence-corrected chi connectivity index (χ3v) is 8.51. The molecule has 0 unspecified atom stereocenters. The summed E-state index contributed by atoms with van der Waals surface area (Å²) in [5.74, 6) is 0.289. The number of hydroxylamine groups is 2. The van der Waals surface area contributed by atoms with Crippen molar-refractivity contribution in [1.82, 2.24) is 5.06 Å². The Bertz CT molecular complexity index is 1870. The molecule has 0 aliphatic carbocycles. The molecular weight excluding hydrogens is 700 g/mol. The lowest BCUT2D eigenvalue weighted by Crippen LogP contribution is -2.28. The van der Waals surface area contributed by atoms with Crippen molar-refractivity contribution in [3.8, 4) is 23.0 Å². The van der Waals surface area contributed by atoms with Gasteiger partial charge in [-0.15, -0.1) is 0 Å². The number of carbonyl (C=O) groups is 4. The van der Waals surface area contributed by atoms with Crippen LogP contribution in [0.2, 0.25) is 0 Å². The summed E-state index contributed by atoms with van der Waals surface area (Å²) >= 11 is 0. The Morgan fingerprint density at radius 2 is 1.50 bits per heavy atom. The van der Waals surface area contributed by atoms with E-state index < -0.39 is 22.1 Å². The number of rotatable bonds is 17. The normalized spacial score (nSPS) is 12.6. The van der Waals surface area contributed by atoms with Crippen LogP contribution in [0.5, 0.6) is 23.0 Å². The van der Waals surface area contributed by atoms with Gasteiger partial charge in [-0.1, -0.05) is 12.1 Å². The number of amides is 3. The molecule has 16 nitrogen and oxygen atoms in total. The van der Waals surface area contributed by atoms with Crippen LogP contribution in [0.1, 0.15) is 43.2 Å². The SMILES string of the molecule is COc1cc(OC)c(/C=C/S(=O)(=O)Nc2ccc(OC)c(NC(=O)OCc3ccc(NC(=O)CCCC(=O)ON4CCCC4=O)cc3)c2)c(OC)c1. The van der Waals surface area contributed by atoms with Crippen LogP contribution in [0.25, 0.3) is 6.08 Å². The maximum absolute atomic E-state index is 13.0. The first kappa shape index (κ1) is 38.8. The third-order valence-electron chi connectivity index (χ3n) is 7.50. The fraction of sp³-hybridized carbons (Fsp3) is 0.314. The van der Waals surface area contributed by atoms with Gasteiger partial charge in [0.25, 0.3) is 15.9 Å². The van der Waals surface area contributed by atoms with Crippen LogP contribution in [-0.2, 0) is 40.6 Å². The van der Waals surface area contributed by atoms with Gasteiger partial charge in [-0.05, 0) is 54.8 Å². The van der Waals surface area contributed by atoms with Crippen molar-refractivity contribution >= 4 is 57.0 Å². The van der Waals surface area contributed by atoms with E-state index >= 15 is 0 Å². The van der Waals surface area contributed by atoms with Crippen LogP contribution < -0.4 is 34.3 Å². The Balaban J connectivity index is 1.27. The molecular formula is C35H40N4O12S. The molecule has 3 N–H and O–H groups in total. The summed E-state index contributed by atoms with van der Waals surface area (Å²) < 4.78 is 54.9. The number of benzene rings is 3. The lowest BCUT2D eigenvalue weighted by molar-refractivity contribution is -0.192. The number of methoxy groups -OCH3 is 4. The number of nitrogens with one attached hydrogen (secondary N) is 3. The number of hydrogen-bond donors (Lipinski definition) is 3. The molecule has 52 heavy (non-hydrogen) atoms. The van der Waals surface area contributed by atoms with Crippen molar-refractivity contribution in [2.75, 3.05) is 50.3 Å². The molecule has 0 bridgehead atoms. The van der Waals surface area contributed by atoms with Gasteiger partial charge < -0.3 is 33.8 Å². The topological polar surface area (TPSA) is 197 Å². The summed E-state index contributed by atoms with van der Waals surface area (Å²) in [7, 11) is 1.69. The quantitative estimate of drug-likeness (QED) is 0.166. The largest absolute Gasteiger partial charge is 0.496 e. The highest BCUT2D eigenvalue weighted by Crippen LogP contribution is 2.35. The van der Waals surface area contributed by atoms with Crippen LogP contribution in [0.3, 0.4) is 0 Å². The molecule has 4 rings (SSSR count). The molecule has 3 aromatic rings. The van der Waals surface area contributed by atoms with E-state index in [1.165, 1.54) is 52.7 Å². The van der Waals surface area contributed by atoms with E-state index in [1.54, 1.807) is 36.4 Å². The predicted octanol–water partition coefficient (Wildman–Crippen LogP) is 5.07. The molecule has 1 aliphatic heterocycles. The highest BCUT2D eigenvalue weighted by atomic mass is 32.2. The van der Waals surface area contributed by atoms with Gasteiger partial charge in [-0.2, -0.15) is 5.06 Å². The van der Waals surface area contributed by atoms with E-state index in [2.05, 4.69) is 15.4 Å². The molecule has 1 saturated heterocycles. The third kappa shape index (κ3) is 11.3. The molecule has 1 fully saturated rings. The van der Waals surface area contributed by atoms with Gasteiger partial charge in [0, 0.05) is 37.1 Å². The smallest absolute Gasteiger partial charge is 0.412 e. The van der Waals surface area contributed by atoms with Crippen molar-refractivity contribution < 1.29 is 56.1 Å². The van der Waals surface area contributed by atoms with Crippen molar-refractivity contribution in [3.63, 3.8) is 0 Å². The van der Waals surface area contributed by atoms with Gasteiger partial charge in [-0.25, -0.2) is 18.0 Å². The lowest BCUT2D eigenvalue weighted by atomic mass is 10.1. The van der Waals surface area contributed by atoms with Crippen molar-refractivity contribution in [3.05, 3.63) is 71.1 Å². The monoisotopic (exact) mass is 740 g/mol. The number of sulfonamides is 1. The zero-order chi connectivity index (χ0) is 37.7. The minimum atomic E-state index is -4.05. The molecule has 278 valence electrons. The van der Waals surface area contributed by atoms with E-state index in [-0.39, 0.29) is 54.8 Å². The maximum Gasteiger partial charge on any atom is 0.412 e. The van der Waals surface area contributed by atoms with E-state index in [4.69, 9.17) is 28.5 Å². The van der Waals surface area contributed by atoms with Gasteiger partial charge in [0.05, 0.1) is 57.3 Å². The first-order valence-electron chi connectivity index (χ1n) is 16.0. The zero-order valence-electron chi connectivity index (χ0n) is 29.1.